The lowest BCUT2D eigenvalue weighted by atomic mass is 9.57. The van der Waals surface area contributed by atoms with Gasteiger partial charge in [-0.15, -0.1) is 0 Å². The van der Waals surface area contributed by atoms with E-state index in [0.29, 0.717) is 22.5 Å². The topological polar surface area (TPSA) is 17.1 Å². The number of hydrogen-bond donors (Lipinski definition) is 0. The molecule has 2 saturated carbocycles. The molecule has 2 rings (SSSR count). The van der Waals surface area contributed by atoms with Crippen LogP contribution < -0.4 is 0 Å². The van der Waals surface area contributed by atoms with E-state index in [0.717, 1.165) is 18.8 Å². The highest BCUT2D eigenvalue weighted by molar-refractivity contribution is 5.86. The van der Waals surface area contributed by atoms with E-state index >= 15 is 0 Å². The van der Waals surface area contributed by atoms with Crippen LogP contribution in [0, 0.1) is 28.1 Å². The summed E-state index contributed by atoms with van der Waals surface area (Å²) in [5.41, 5.74) is 0.913. The highest BCUT2D eigenvalue weighted by Crippen LogP contribution is 2.53. The van der Waals surface area contributed by atoms with Crippen molar-refractivity contribution in [2.75, 3.05) is 0 Å². The van der Waals surface area contributed by atoms with Crippen LogP contribution in [0.5, 0.6) is 0 Å². The molecule has 0 bridgehead atoms. The van der Waals surface area contributed by atoms with Gasteiger partial charge in [0.05, 0.1) is 0 Å². The Bertz CT molecular complexity index is 362. The van der Waals surface area contributed by atoms with Gasteiger partial charge in [-0.3, -0.25) is 4.79 Å². The molecule has 0 heterocycles. The second-order valence-corrected chi connectivity index (χ2v) is 10.0. The van der Waals surface area contributed by atoms with Crippen LogP contribution in [-0.4, -0.2) is 5.78 Å². The highest BCUT2D eigenvalue weighted by Gasteiger charge is 2.43. The molecule has 0 aromatic rings. The van der Waals surface area contributed by atoms with Crippen molar-refractivity contribution in [3.05, 3.63) is 0 Å². The molecule has 0 atom stereocenters. The van der Waals surface area contributed by atoms with Crippen molar-refractivity contribution < 1.29 is 4.79 Å². The van der Waals surface area contributed by atoms with Gasteiger partial charge >= 0.3 is 0 Å². The summed E-state index contributed by atoms with van der Waals surface area (Å²) in [7, 11) is 0. The van der Waals surface area contributed by atoms with Crippen molar-refractivity contribution in [3.63, 3.8) is 0 Å². The molecule has 0 amide bonds. The van der Waals surface area contributed by atoms with Gasteiger partial charge < -0.3 is 0 Å². The van der Waals surface area contributed by atoms with E-state index in [-0.39, 0.29) is 5.41 Å². The molecule has 21 heavy (non-hydrogen) atoms. The van der Waals surface area contributed by atoms with Crippen molar-refractivity contribution in [2.24, 2.45) is 28.1 Å². The number of Topliss-reactive ketones (excluding diaryl/α,β-unsaturated/α-hetero) is 1. The lowest BCUT2D eigenvalue weighted by molar-refractivity contribution is -0.132. The van der Waals surface area contributed by atoms with Gasteiger partial charge in [-0.25, -0.2) is 0 Å². The molecule has 0 radical (unpaired) electrons. The minimum Gasteiger partial charge on any atom is -0.299 e. The monoisotopic (exact) mass is 292 g/mol. The SMILES string of the molecule is CC(C)(C)C(=O)C1CCC2(CC1)CCC(C(C)(C)C)CC2. The van der Waals surface area contributed by atoms with Crippen molar-refractivity contribution in [2.45, 2.75) is 92.9 Å². The summed E-state index contributed by atoms with van der Waals surface area (Å²) in [6, 6.07) is 0. The zero-order valence-electron chi connectivity index (χ0n) is 15.2. The quantitative estimate of drug-likeness (QED) is 0.578. The largest absolute Gasteiger partial charge is 0.299 e. The molecule has 0 aromatic heterocycles. The predicted molar refractivity (Wildman–Crippen MR) is 90.3 cm³/mol. The van der Waals surface area contributed by atoms with Crippen LogP contribution in [0.15, 0.2) is 0 Å². The van der Waals surface area contributed by atoms with E-state index in [9.17, 15) is 4.79 Å². The summed E-state index contributed by atoms with van der Waals surface area (Å²) < 4.78 is 0. The van der Waals surface area contributed by atoms with Gasteiger partial charge in [0.1, 0.15) is 5.78 Å². The van der Waals surface area contributed by atoms with Gasteiger partial charge in [0, 0.05) is 11.3 Å². The summed E-state index contributed by atoms with van der Waals surface area (Å²) in [6.45, 7) is 13.4. The molecular weight excluding hydrogens is 256 g/mol. The Morgan fingerprint density at radius 2 is 1.24 bits per heavy atom. The third-order valence-electron chi connectivity index (χ3n) is 6.43. The maximum absolute atomic E-state index is 12.5. The molecule has 0 aliphatic heterocycles. The molecule has 122 valence electrons. The fourth-order valence-electron chi connectivity index (χ4n) is 4.70. The van der Waals surface area contributed by atoms with Crippen LogP contribution >= 0.6 is 0 Å². The summed E-state index contributed by atoms with van der Waals surface area (Å²) >= 11 is 0. The van der Waals surface area contributed by atoms with Crippen LogP contribution in [0.3, 0.4) is 0 Å². The summed E-state index contributed by atoms with van der Waals surface area (Å²) in [4.78, 5) is 12.5. The van der Waals surface area contributed by atoms with E-state index in [1.165, 1.54) is 38.5 Å². The standard InChI is InChI=1S/C20H36O/c1-18(2,3)16-9-13-20(14-10-16)11-7-15(8-12-20)17(21)19(4,5)6/h15-16H,7-14H2,1-6H3. The molecule has 1 heteroatoms. The zero-order chi connectivity index (χ0) is 15.9. The van der Waals surface area contributed by atoms with Gasteiger partial charge in [0.2, 0.25) is 0 Å². The average Bonchev–Trinajstić information content (AvgIpc) is 2.37. The third-order valence-corrected chi connectivity index (χ3v) is 6.43. The molecule has 0 aromatic carbocycles. The van der Waals surface area contributed by atoms with E-state index in [1.807, 2.05) is 0 Å². The number of carbonyl (C=O) groups excluding carboxylic acids is 1. The molecule has 2 aliphatic carbocycles. The van der Waals surface area contributed by atoms with Crippen LogP contribution in [-0.2, 0) is 4.79 Å². The van der Waals surface area contributed by atoms with Crippen molar-refractivity contribution >= 4 is 5.78 Å². The molecule has 0 unspecified atom stereocenters. The Morgan fingerprint density at radius 1 is 0.810 bits per heavy atom. The predicted octanol–water partition coefficient (Wildman–Crippen LogP) is 6.01. The van der Waals surface area contributed by atoms with Crippen LogP contribution in [0.4, 0.5) is 0 Å². The van der Waals surface area contributed by atoms with Crippen LogP contribution in [0.25, 0.3) is 0 Å². The summed E-state index contributed by atoms with van der Waals surface area (Å²) in [6.07, 6.45) is 10.5. The minimum absolute atomic E-state index is 0.154. The number of rotatable bonds is 1. The maximum Gasteiger partial charge on any atom is 0.141 e. The first-order valence-corrected chi connectivity index (χ1v) is 9.08. The summed E-state index contributed by atoms with van der Waals surface area (Å²) in [5, 5.41) is 0. The molecule has 0 N–H and O–H groups in total. The van der Waals surface area contributed by atoms with Gasteiger partial charge in [0.15, 0.2) is 0 Å². The van der Waals surface area contributed by atoms with E-state index in [1.54, 1.807) is 0 Å². The Balaban J connectivity index is 1.89. The lowest BCUT2D eigenvalue weighted by Crippen LogP contribution is -2.38. The summed E-state index contributed by atoms with van der Waals surface area (Å²) in [5.74, 6) is 1.74. The van der Waals surface area contributed by atoms with Crippen molar-refractivity contribution in [3.8, 4) is 0 Å². The molecule has 1 spiro atoms. The third kappa shape index (κ3) is 3.90. The first-order valence-electron chi connectivity index (χ1n) is 9.08. The number of ketones is 1. The average molecular weight is 293 g/mol. The molecule has 1 nitrogen and oxygen atoms in total. The second kappa shape index (κ2) is 5.70. The molecule has 2 fully saturated rings. The van der Waals surface area contributed by atoms with Gasteiger partial charge in [-0.1, -0.05) is 41.5 Å². The highest BCUT2D eigenvalue weighted by atomic mass is 16.1. The van der Waals surface area contributed by atoms with E-state index in [2.05, 4.69) is 41.5 Å². The first-order chi connectivity index (χ1) is 9.54. The van der Waals surface area contributed by atoms with Crippen LogP contribution in [0.2, 0.25) is 0 Å². The van der Waals surface area contributed by atoms with E-state index in [4.69, 9.17) is 0 Å². The van der Waals surface area contributed by atoms with Crippen molar-refractivity contribution in [1.29, 1.82) is 0 Å². The van der Waals surface area contributed by atoms with Gasteiger partial charge in [0.25, 0.3) is 0 Å². The molecule has 2 aliphatic rings. The van der Waals surface area contributed by atoms with Gasteiger partial charge in [-0.05, 0) is 68.1 Å². The van der Waals surface area contributed by atoms with Crippen LogP contribution in [0.1, 0.15) is 92.9 Å². The number of carbonyl (C=O) groups is 1. The normalized spacial score (nSPS) is 35.0. The Morgan fingerprint density at radius 3 is 1.62 bits per heavy atom. The Kier molecular flexibility index (Phi) is 4.63. The Hall–Kier alpha value is -0.330. The smallest absolute Gasteiger partial charge is 0.141 e. The maximum atomic E-state index is 12.5. The van der Waals surface area contributed by atoms with Crippen molar-refractivity contribution in [1.82, 2.24) is 0 Å². The Labute approximate surface area is 132 Å². The van der Waals surface area contributed by atoms with E-state index < -0.39 is 0 Å². The second-order valence-electron chi connectivity index (χ2n) is 10.0. The first kappa shape index (κ1) is 17.0. The number of hydrogen-bond acceptors (Lipinski definition) is 1. The molecular formula is C20H36O. The fraction of sp³-hybridized carbons (Fsp3) is 0.950. The minimum atomic E-state index is -0.154. The van der Waals surface area contributed by atoms with Gasteiger partial charge in [-0.2, -0.15) is 0 Å². The zero-order valence-corrected chi connectivity index (χ0v) is 15.2. The fourth-order valence-corrected chi connectivity index (χ4v) is 4.70. The molecule has 0 saturated heterocycles. The lowest BCUT2D eigenvalue weighted by Gasteiger charge is -2.47.